The van der Waals surface area contributed by atoms with Crippen LogP contribution in [0.25, 0.3) is 0 Å². The first-order valence-corrected chi connectivity index (χ1v) is 13.4. The molecule has 1 saturated heterocycles. The Morgan fingerprint density at radius 1 is 1.10 bits per heavy atom. The molecule has 0 aromatic heterocycles. The van der Waals surface area contributed by atoms with Crippen molar-refractivity contribution < 1.29 is 28.7 Å². The number of amides is 4. The van der Waals surface area contributed by atoms with Gasteiger partial charge in [0.15, 0.2) is 0 Å². The Morgan fingerprint density at radius 3 is 2.18 bits per heavy atom. The van der Waals surface area contributed by atoms with Gasteiger partial charge in [-0.1, -0.05) is 47.1 Å². The molecule has 1 unspecified atom stereocenters. The lowest BCUT2D eigenvalue weighted by Gasteiger charge is -2.36. The van der Waals surface area contributed by atoms with E-state index in [0.717, 1.165) is 0 Å². The highest BCUT2D eigenvalue weighted by molar-refractivity contribution is 6.38. The molecule has 0 bridgehead atoms. The van der Waals surface area contributed by atoms with Gasteiger partial charge in [0.05, 0.1) is 12.1 Å². The highest BCUT2D eigenvalue weighted by Gasteiger charge is 2.43. The molecule has 3 atom stereocenters. The van der Waals surface area contributed by atoms with Gasteiger partial charge in [-0.15, -0.1) is 6.58 Å². The lowest BCUT2D eigenvalue weighted by molar-refractivity contribution is -0.144. The Hall–Kier alpha value is -3.42. The van der Waals surface area contributed by atoms with Gasteiger partial charge >= 0.3 is 6.09 Å². The van der Waals surface area contributed by atoms with E-state index in [0.29, 0.717) is 25.8 Å². The van der Waals surface area contributed by atoms with Crippen molar-refractivity contribution in [3.63, 3.8) is 0 Å². The van der Waals surface area contributed by atoms with Crippen LogP contribution in [0.2, 0.25) is 0 Å². The number of Topliss-reactive ketones (excluding diaryl/α,β-unsaturated/α-hetero) is 1. The van der Waals surface area contributed by atoms with Gasteiger partial charge in [0, 0.05) is 6.54 Å². The first kappa shape index (κ1) is 35.6. The predicted octanol–water partition coefficient (Wildman–Crippen LogP) is 2.99. The molecular formula is C28H47N5O6. The number of allylic oxidation sites excluding steroid dienone is 1. The summed E-state index contributed by atoms with van der Waals surface area (Å²) in [6, 6.07) is -1.25. The fourth-order valence-electron chi connectivity index (χ4n) is 3.73. The van der Waals surface area contributed by atoms with Gasteiger partial charge in [-0.3, -0.25) is 19.2 Å². The first-order valence-electron chi connectivity index (χ1n) is 13.4. The molecule has 11 heteroatoms. The number of likely N-dealkylation sites (tertiary alicyclic amines) is 1. The average molecular weight is 550 g/mol. The summed E-state index contributed by atoms with van der Waals surface area (Å²) >= 11 is 0. The number of nitrogens with one attached hydrogen (secondary N) is 3. The van der Waals surface area contributed by atoms with Crippen molar-refractivity contribution in [1.29, 1.82) is 5.26 Å². The molecule has 220 valence electrons. The van der Waals surface area contributed by atoms with E-state index in [1.807, 2.05) is 0 Å². The zero-order valence-corrected chi connectivity index (χ0v) is 24.8. The maximum atomic E-state index is 13.5. The van der Waals surface area contributed by atoms with Crippen LogP contribution >= 0.6 is 0 Å². The third-order valence-electron chi connectivity index (χ3n) is 5.46. The van der Waals surface area contributed by atoms with Crippen molar-refractivity contribution in [1.82, 2.24) is 20.9 Å². The normalized spacial score (nSPS) is 16.4. The number of ether oxygens (including phenoxy) is 1. The zero-order valence-electron chi connectivity index (χ0n) is 24.8. The fourth-order valence-corrected chi connectivity index (χ4v) is 3.73. The Bertz CT molecular complexity index is 913. The van der Waals surface area contributed by atoms with Crippen LogP contribution in [0.1, 0.15) is 87.5 Å². The Morgan fingerprint density at radius 2 is 1.69 bits per heavy atom. The molecular weight excluding hydrogens is 502 g/mol. The smallest absolute Gasteiger partial charge is 0.408 e. The maximum Gasteiger partial charge on any atom is 0.408 e. The SMILES string of the molecule is C=CCCC(NC(=O)[C@@H]1CCCN1C(=O)[C@@H](NC(=O)OC(C)(C)C)C(C)(C)C)C(=O)C(=O)NCC#N.CCC. The van der Waals surface area contributed by atoms with Crippen molar-refractivity contribution in [3.8, 4) is 6.07 Å². The van der Waals surface area contributed by atoms with Crippen LogP contribution in [0.4, 0.5) is 4.79 Å². The zero-order chi connectivity index (χ0) is 30.4. The van der Waals surface area contributed by atoms with Crippen LogP contribution < -0.4 is 16.0 Å². The van der Waals surface area contributed by atoms with E-state index in [1.54, 1.807) is 53.7 Å². The standard InChI is InChI=1S/C25H39N5O6.C3H8/c1-8-9-11-16(18(31)21(33)27-14-13-26)28-20(32)17-12-10-15-30(17)22(34)19(24(2,3)4)29-23(35)36-25(5,6)7;1-3-2/h8,16-17,19H,1,9-12,14-15H2,2-7H3,(H,27,33)(H,28,32)(H,29,35);3H2,1-2H3/t16?,17-,19+;/m0./s1. The van der Waals surface area contributed by atoms with E-state index in [1.165, 1.54) is 11.3 Å². The molecule has 11 nitrogen and oxygen atoms in total. The van der Waals surface area contributed by atoms with Crippen molar-refractivity contribution >= 4 is 29.6 Å². The summed E-state index contributed by atoms with van der Waals surface area (Å²) in [4.78, 5) is 65.2. The van der Waals surface area contributed by atoms with Crippen LogP contribution in [0.15, 0.2) is 12.7 Å². The van der Waals surface area contributed by atoms with Crippen molar-refractivity contribution in [3.05, 3.63) is 12.7 Å². The highest BCUT2D eigenvalue weighted by atomic mass is 16.6. The third kappa shape index (κ3) is 12.8. The van der Waals surface area contributed by atoms with E-state index in [-0.39, 0.29) is 13.0 Å². The van der Waals surface area contributed by atoms with Gasteiger partial charge in [0.1, 0.15) is 24.2 Å². The largest absolute Gasteiger partial charge is 0.444 e. The van der Waals surface area contributed by atoms with Gasteiger partial charge in [-0.05, 0) is 51.9 Å². The first-order chi connectivity index (χ1) is 18.0. The molecule has 0 radical (unpaired) electrons. The van der Waals surface area contributed by atoms with E-state index >= 15 is 0 Å². The molecule has 1 fully saturated rings. The van der Waals surface area contributed by atoms with Crippen LogP contribution in [0.5, 0.6) is 0 Å². The molecule has 39 heavy (non-hydrogen) atoms. The lowest BCUT2D eigenvalue weighted by Crippen LogP contribution is -2.59. The number of rotatable bonds is 10. The number of hydrogen-bond acceptors (Lipinski definition) is 7. The predicted molar refractivity (Wildman–Crippen MR) is 148 cm³/mol. The van der Waals surface area contributed by atoms with E-state index < -0.39 is 58.7 Å². The van der Waals surface area contributed by atoms with Gasteiger partial charge in [-0.25, -0.2) is 4.79 Å². The monoisotopic (exact) mass is 549 g/mol. The number of nitriles is 1. The number of carbonyl (C=O) groups is 5. The lowest BCUT2D eigenvalue weighted by atomic mass is 9.85. The van der Waals surface area contributed by atoms with E-state index in [4.69, 9.17) is 10.00 Å². The number of alkyl carbamates (subject to hydrolysis) is 1. The van der Waals surface area contributed by atoms with E-state index in [2.05, 4.69) is 36.4 Å². The fraction of sp³-hybridized carbons (Fsp3) is 0.714. The topological polar surface area (TPSA) is 158 Å². The van der Waals surface area contributed by atoms with Crippen molar-refractivity contribution in [2.24, 2.45) is 5.41 Å². The minimum atomic E-state index is -1.13. The molecule has 0 aliphatic carbocycles. The number of nitrogens with zero attached hydrogens (tertiary/aromatic N) is 2. The summed E-state index contributed by atoms with van der Waals surface area (Å²) in [5.74, 6) is -2.86. The molecule has 1 heterocycles. The highest BCUT2D eigenvalue weighted by Crippen LogP contribution is 2.26. The average Bonchev–Trinajstić information content (AvgIpc) is 3.31. The Balaban J connectivity index is 0.00000458. The summed E-state index contributed by atoms with van der Waals surface area (Å²) in [5, 5.41) is 16.1. The molecule has 1 aliphatic heterocycles. The van der Waals surface area contributed by atoms with E-state index in [9.17, 15) is 24.0 Å². The van der Waals surface area contributed by atoms with Gasteiger partial charge in [0.25, 0.3) is 5.91 Å². The number of hydrogen-bond donors (Lipinski definition) is 3. The van der Waals surface area contributed by atoms with Gasteiger partial charge < -0.3 is 25.6 Å². The van der Waals surface area contributed by atoms with Crippen LogP contribution in [0.3, 0.4) is 0 Å². The molecule has 4 amide bonds. The van der Waals surface area contributed by atoms with Crippen molar-refractivity contribution in [2.75, 3.05) is 13.1 Å². The second-order valence-corrected chi connectivity index (χ2v) is 11.5. The minimum Gasteiger partial charge on any atom is -0.444 e. The summed E-state index contributed by atoms with van der Waals surface area (Å²) in [6.45, 7) is 18.3. The molecule has 1 rings (SSSR count). The second-order valence-electron chi connectivity index (χ2n) is 11.5. The summed E-state index contributed by atoms with van der Waals surface area (Å²) in [6.07, 6.45) is 3.49. The summed E-state index contributed by atoms with van der Waals surface area (Å²) in [5.41, 5.74) is -1.43. The second kappa shape index (κ2) is 16.5. The van der Waals surface area contributed by atoms with Crippen molar-refractivity contribution in [2.45, 2.75) is 111 Å². The Labute approximate surface area is 233 Å². The molecule has 0 saturated carbocycles. The number of carbonyl (C=O) groups excluding carboxylic acids is 5. The molecule has 0 spiro atoms. The Kier molecular flexibility index (Phi) is 15.1. The molecule has 0 aromatic carbocycles. The quantitative estimate of drug-likeness (QED) is 0.215. The van der Waals surface area contributed by atoms with Crippen LogP contribution in [-0.4, -0.2) is 71.3 Å². The summed E-state index contributed by atoms with van der Waals surface area (Å²) < 4.78 is 5.31. The third-order valence-corrected chi connectivity index (χ3v) is 5.46. The van der Waals surface area contributed by atoms with Gasteiger partial charge in [0.2, 0.25) is 17.6 Å². The van der Waals surface area contributed by atoms with Gasteiger partial charge in [-0.2, -0.15) is 5.26 Å². The number of ketones is 1. The minimum absolute atomic E-state index is 0.138. The molecule has 1 aliphatic rings. The maximum absolute atomic E-state index is 13.5. The summed E-state index contributed by atoms with van der Waals surface area (Å²) in [7, 11) is 0. The van der Waals surface area contributed by atoms with Crippen LogP contribution in [0, 0.1) is 16.7 Å². The molecule has 3 N–H and O–H groups in total. The molecule has 0 aromatic rings. The van der Waals surface area contributed by atoms with Crippen LogP contribution in [-0.2, 0) is 23.9 Å².